The highest BCUT2D eigenvalue weighted by Crippen LogP contribution is 2.25. The molecular formula is C25H28N6O2. The number of benzene rings is 2. The Balaban J connectivity index is 1.71. The van der Waals surface area contributed by atoms with E-state index in [9.17, 15) is 10.1 Å². The van der Waals surface area contributed by atoms with Crippen LogP contribution in [-0.4, -0.2) is 40.7 Å². The van der Waals surface area contributed by atoms with Gasteiger partial charge in [0.1, 0.15) is 6.07 Å². The molecule has 0 saturated heterocycles. The van der Waals surface area contributed by atoms with E-state index in [2.05, 4.69) is 32.0 Å². The lowest BCUT2D eigenvalue weighted by atomic mass is 10.1. The van der Waals surface area contributed by atoms with Crippen molar-refractivity contribution in [3.63, 3.8) is 0 Å². The van der Waals surface area contributed by atoms with Gasteiger partial charge in [0, 0.05) is 29.9 Å². The highest BCUT2D eigenvalue weighted by atomic mass is 16.3. The average Bonchev–Trinajstić information content (AvgIpc) is 2.83. The number of nitrogens with zero attached hydrogens (tertiary/aromatic N) is 3. The van der Waals surface area contributed by atoms with Crippen LogP contribution in [0.15, 0.2) is 54.7 Å². The lowest BCUT2D eigenvalue weighted by molar-refractivity contribution is -0.118. The average molecular weight is 445 g/mol. The van der Waals surface area contributed by atoms with E-state index in [0.29, 0.717) is 29.4 Å². The van der Waals surface area contributed by atoms with Gasteiger partial charge in [-0.3, -0.25) is 4.79 Å². The summed E-state index contributed by atoms with van der Waals surface area (Å²) in [4.78, 5) is 20.9. The maximum Gasteiger partial charge on any atom is 0.227 e. The minimum atomic E-state index is -0.177. The topological polar surface area (TPSA) is 123 Å². The Kier molecular flexibility index (Phi) is 8.47. The third kappa shape index (κ3) is 6.84. The van der Waals surface area contributed by atoms with Crippen molar-refractivity contribution in [1.82, 2.24) is 15.3 Å². The maximum atomic E-state index is 12.0. The number of aromatic nitrogens is 2. The number of aliphatic hydroxyl groups is 1. The van der Waals surface area contributed by atoms with Gasteiger partial charge in [0.25, 0.3) is 0 Å². The molecule has 0 aliphatic carbocycles. The summed E-state index contributed by atoms with van der Waals surface area (Å²) in [6.45, 7) is 5.14. The van der Waals surface area contributed by atoms with E-state index in [1.54, 1.807) is 38.2 Å². The number of carbonyl (C=O) groups is 1. The third-order valence-electron chi connectivity index (χ3n) is 4.96. The van der Waals surface area contributed by atoms with Crippen LogP contribution in [0, 0.1) is 17.2 Å². The number of aliphatic hydroxyl groups excluding tert-OH is 1. The second-order valence-electron chi connectivity index (χ2n) is 7.83. The molecule has 8 heteroatoms. The van der Waals surface area contributed by atoms with Crippen molar-refractivity contribution in [2.45, 2.75) is 20.3 Å². The lowest BCUT2D eigenvalue weighted by Gasteiger charge is -2.11. The first-order chi connectivity index (χ1) is 16.0. The van der Waals surface area contributed by atoms with Gasteiger partial charge in [0.2, 0.25) is 11.9 Å². The van der Waals surface area contributed by atoms with E-state index in [1.807, 2.05) is 30.3 Å². The summed E-state index contributed by atoms with van der Waals surface area (Å²) in [7, 11) is 0. The Morgan fingerprint density at radius 3 is 2.61 bits per heavy atom. The zero-order chi connectivity index (χ0) is 23.6. The molecule has 0 spiro atoms. The molecule has 3 aromatic rings. The van der Waals surface area contributed by atoms with Gasteiger partial charge in [-0.2, -0.15) is 5.26 Å². The number of amides is 1. The van der Waals surface area contributed by atoms with Gasteiger partial charge in [-0.25, -0.2) is 9.97 Å². The number of carbonyl (C=O) groups excluding carboxylic acids is 1. The summed E-state index contributed by atoms with van der Waals surface area (Å²) in [5, 5.41) is 27.5. The molecule has 33 heavy (non-hydrogen) atoms. The molecule has 170 valence electrons. The fourth-order valence-corrected chi connectivity index (χ4v) is 3.08. The highest BCUT2D eigenvalue weighted by Gasteiger charge is 2.12. The summed E-state index contributed by atoms with van der Waals surface area (Å²) >= 11 is 0. The predicted molar refractivity (Wildman–Crippen MR) is 129 cm³/mol. The van der Waals surface area contributed by atoms with Crippen LogP contribution in [0.2, 0.25) is 0 Å². The second kappa shape index (κ2) is 11.7. The molecule has 0 unspecified atom stereocenters. The van der Waals surface area contributed by atoms with E-state index < -0.39 is 0 Å². The Morgan fingerprint density at radius 2 is 1.91 bits per heavy atom. The van der Waals surface area contributed by atoms with Crippen molar-refractivity contribution in [2.75, 3.05) is 30.3 Å². The lowest BCUT2D eigenvalue weighted by Crippen LogP contribution is -2.20. The molecule has 0 aliphatic rings. The van der Waals surface area contributed by atoms with Gasteiger partial charge in [0.15, 0.2) is 0 Å². The first-order valence-corrected chi connectivity index (χ1v) is 10.9. The fourth-order valence-electron chi connectivity index (χ4n) is 3.08. The SMILES string of the molecule is CC(C)C(=O)Nc1ccc(-c2ccnc(Nc3ccc(CCNCCO)cc3)n2)cc1C#N. The normalized spacial score (nSPS) is 10.6. The van der Waals surface area contributed by atoms with Crippen LogP contribution < -0.4 is 16.0 Å². The van der Waals surface area contributed by atoms with Gasteiger partial charge >= 0.3 is 0 Å². The molecule has 0 radical (unpaired) electrons. The van der Waals surface area contributed by atoms with E-state index in [-0.39, 0.29) is 18.4 Å². The molecule has 3 rings (SSSR count). The maximum absolute atomic E-state index is 12.0. The van der Waals surface area contributed by atoms with Gasteiger partial charge in [-0.15, -0.1) is 0 Å². The molecule has 0 atom stereocenters. The Labute approximate surface area is 193 Å². The zero-order valence-corrected chi connectivity index (χ0v) is 18.8. The number of hydrogen-bond acceptors (Lipinski definition) is 7. The largest absolute Gasteiger partial charge is 0.395 e. The van der Waals surface area contributed by atoms with E-state index >= 15 is 0 Å². The molecule has 8 nitrogen and oxygen atoms in total. The van der Waals surface area contributed by atoms with Crippen molar-refractivity contribution in [2.24, 2.45) is 5.92 Å². The van der Waals surface area contributed by atoms with Crippen LogP contribution in [0.25, 0.3) is 11.3 Å². The second-order valence-corrected chi connectivity index (χ2v) is 7.83. The zero-order valence-electron chi connectivity index (χ0n) is 18.8. The summed E-state index contributed by atoms with van der Waals surface area (Å²) < 4.78 is 0. The third-order valence-corrected chi connectivity index (χ3v) is 4.96. The molecule has 1 heterocycles. The monoisotopic (exact) mass is 444 g/mol. The number of nitriles is 1. The Bertz CT molecular complexity index is 1120. The highest BCUT2D eigenvalue weighted by molar-refractivity contribution is 5.93. The Hall–Kier alpha value is -3.80. The number of anilines is 3. The van der Waals surface area contributed by atoms with Crippen molar-refractivity contribution < 1.29 is 9.90 Å². The summed E-state index contributed by atoms with van der Waals surface area (Å²) in [6, 6.07) is 17.2. The van der Waals surface area contributed by atoms with Crippen LogP contribution in [0.5, 0.6) is 0 Å². The van der Waals surface area contributed by atoms with Gasteiger partial charge in [-0.05, 0) is 48.9 Å². The van der Waals surface area contributed by atoms with Gasteiger partial charge in [0.05, 0.1) is 23.6 Å². The smallest absolute Gasteiger partial charge is 0.227 e. The minimum Gasteiger partial charge on any atom is -0.395 e. The molecule has 1 amide bonds. The minimum absolute atomic E-state index is 0.137. The number of nitrogens with one attached hydrogen (secondary N) is 3. The predicted octanol–water partition coefficient (Wildman–Crippen LogP) is 3.48. The molecule has 2 aromatic carbocycles. The standard InChI is InChI=1S/C25H28N6O2/c1-17(2)24(33)30-22-8-5-19(15-20(22)16-26)23-10-12-28-25(31-23)29-21-6-3-18(4-7-21)9-11-27-13-14-32/h3-8,10,12,15,17,27,32H,9,11,13-14H2,1-2H3,(H,30,33)(H,28,29,31). The van der Waals surface area contributed by atoms with Crippen LogP contribution in [-0.2, 0) is 11.2 Å². The van der Waals surface area contributed by atoms with Crippen molar-refractivity contribution in [3.8, 4) is 17.3 Å². The first kappa shape index (κ1) is 23.9. The van der Waals surface area contributed by atoms with Crippen LogP contribution in [0.4, 0.5) is 17.3 Å². The van der Waals surface area contributed by atoms with Crippen molar-refractivity contribution >= 4 is 23.2 Å². The summed E-state index contributed by atoms with van der Waals surface area (Å²) in [6.07, 6.45) is 2.54. The van der Waals surface area contributed by atoms with E-state index in [1.165, 1.54) is 5.56 Å². The number of rotatable bonds is 10. The molecule has 1 aromatic heterocycles. The molecule has 0 bridgehead atoms. The number of hydrogen-bond donors (Lipinski definition) is 4. The van der Waals surface area contributed by atoms with E-state index in [4.69, 9.17) is 5.11 Å². The summed E-state index contributed by atoms with van der Waals surface area (Å²) in [5.74, 6) is 0.129. The van der Waals surface area contributed by atoms with Crippen LogP contribution in [0.3, 0.4) is 0 Å². The van der Waals surface area contributed by atoms with Gasteiger partial charge < -0.3 is 21.1 Å². The van der Waals surface area contributed by atoms with Gasteiger partial charge in [-0.1, -0.05) is 32.0 Å². The summed E-state index contributed by atoms with van der Waals surface area (Å²) in [5.41, 5.74) is 4.33. The first-order valence-electron chi connectivity index (χ1n) is 10.9. The molecule has 0 fully saturated rings. The van der Waals surface area contributed by atoms with Crippen LogP contribution >= 0.6 is 0 Å². The van der Waals surface area contributed by atoms with Crippen molar-refractivity contribution in [3.05, 3.63) is 65.9 Å². The molecule has 4 N–H and O–H groups in total. The fraction of sp³-hybridized carbons (Fsp3) is 0.280. The molecular weight excluding hydrogens is 416 g/mol. The van der Waals surface area contributed by atoms with Crippen molar-refractivity contribution in [1.29, 1.82) is 5.26 Å². The molecule has 0 aliphatic heterocycles. The van der Waals surface area contributed by atoms with Crippen LogP contribution in [0.1, 0.15) is 25.0 Å². The van der Waals surface area contributed by atoms with E-state index in [0.717, 1.165) is 24.2 Å². The Morgan fingerprint density at radius 1 is 1.12 bits per heavy atom. The molecule has 0 saturated carbocycles. The quantitative estimate of drug-likeness (QED) is 0.353.